The van der Waals surface area contributed by atoms with Crippen LogP contribution in [0, 0.1) is 5.92 Å². The number of piperidine rings is 2. The Hall–Kier alpha value is -2.19. The maximum atomic E-state index is 13.0. The summed E-state index contributed by atoms with van der Waals surface area (Å²) in [5.41, 5.74) is 0. The zero-order valence-electron chi connectivity index (χ0n) is 15.1. The van der Waals surface area contributed by atoms with Gasteiger partial charge >= 0.3 is 6.03 Å². The highest BCUT2D eigenvalue weighted by atomic mass is 16.2. The number of hydrogen-bond acceptors (Lipinski definition) is 5. The number of nitrogens with zero attached hydrogens (tertiary/aromatic N) is 6. The fraction of sp³-hybridized carbons (Fsp3) is 0.824. The van der Waals surface area contributed by atoms with Crippen LogP contribution < -0.4 is 0 Å². The minimum absolute atomic E-state index is 0.0583. The molecule has 9 nitrogen and oxygen atoms in total. The number of nitrogens with one attached hydrogen (secondary N) is 1. The van der Waals surface area contributed by atoms with Gasteiger partial charge < -0.3 is 14.7 Å². The molecule has 26 heavy (non-hydrogen) atoms. The van der Waals surface area contributed by atoms with E-state index in [1.54, 1.807) is 0 Å². The Morgan fingerprint density at radius 2 is 1.62 bits per heavy atom. The van der Waals surface area contributed by atoms with E-state index in [2.05, 4.69) is 20.6 Å². The van der Waals surface area contributed by atoms with Gasteiger partial charge in [-0.3, -0.25) is 4.79 Å². The summed E-state index contributed by atoms with van der Waals surface area (Å²) in [7, 11) is 0. The Balaban J connectivity index is 1.31. The lowest BCUT2D eigenvalue weighted by Gasteiger charge is -2.38. The van der Waals surface area contributed by atoms with Gasteiger partial charge in [-0.15, -0.1) is 10.2 Å². The van der Waals surface area contributed by atoms with Gasteiger partial charge in [0.05, 0.1) is 5.92 Å². The average Bonchev–Trinajstić information content (AvgIpc) is 3.41. The summed E-state index contributed by atoms with van der Waals surface area (Å²) < 4.78 is 0. The molecule has 0 spiro atoms. The maximum Gasteiger partial charge on any atom is 0.320 e. The molecule has 0 aromatic carbocycles. The number of urea groups is 1. The fourth-order valence-electron chi connectivity index (χ4n) is 4.42. The second-order valence-corrected chi connectivity index (χ2v) is 7.63. The smallest absolute Gasteiger partial charge is 0.320 e. The molecule has 0 aliphatic carbocycles. The standard InChI is InChI=1S/C17H27N7O2/c25-16(22-10-5-13(6-11-22)15-18-20-21-19-15)14-4-3-9-24(12-14)17(26)23-7-1-2-8-23/h13-14H,1-12H2,(H,18,19,20,21). The van der Waals surface area contributed by atoms with E-state index in [-0.39, 0.29) is 23.8 Å². The number of aromatic amines is 1. The van der Waals surface area contributed by atoms with Crippen LogP contribution in [0.3, 0.4) is 0 Å². The molecule has 0 radical (unpaired) electrons. The van der Waals surface area contributed by atoms with E-state index < -0.39 is 0 Å². The van der Waals surface area contributed by atoms with Gasteiger partial charge in [0, 0.05) is 45.2 Å². The lowest BCUT2D eigenvalue weighted by Crippen LogP contribution is -2.51. The lowest BCUT2D eigenvalue weighted by molar-refractivity contribution is -0.138. The molecule has 1 aromatic rings. The van der Waals surface area contributed by atoms with Gasteiger partial charge in [-0.2, -0.15) is 5.21 Å². The highest BCUT2D eigenvalue weighted by Gasteiger charge is 2.35. The summed E-state index contributed by atoms with van der Waals surface area (Å²) in [5, 5.41) is 14.3. The molecule has 1 unspecified atom stereocenters. The summed E-state index contributed by atoms with van der Waals surface area (Å²) in [5.74, 6) is 1.17. The largest absolute Gasteiger partial charge is 0.342 e. The van der Waals surface area contributed by atoms with E-state index in [1.807, 2.05) is 14.7 Å². The van der Waals surface area contributed by atoms with Crippen LogP contribution in [0.1, 0.15) is 50.3 Å². The number of carbonyl (C=O) groups excluding carboxylic acids is 2. The van der Waals surface area contributed by atoms with Crippen LogP contribution in [0.5, 0.6) is 0 Å². The van der Waals surface area contributed by atoms with E-state index in [0.29, 0.717) is 6.54 Å². The lowest BCUT2D eigenvalue weighted by atomic mass is 9.92. The first kappa shape index (κ1) is 17.2. The summed E-state index contributed by atoms with van der Waals surface area (Å²) >= 11 is 0. The first-order chi connectivity index (χ1) is 12.7. The highest BCUT2D eigenvalue weighted by molar-refractivity contribution is 5.81. The molecule has 4 heterocycles. The Labute approximate surface area is 153 Å². The van der Waals surface area contributed by atoms with Crippen molar-refractivity contribution in [1.29, 1.82) is 0 Å². The molecule has 3 saturated heterocycles. The SMILES string of the molecule is O=C(C1CCCN(C(=O)N2CCCC2)C1)N1CCC(c2nn[nH]n2)CC1. The number of H-pyrrole nitrogens is 1. The van der Waals surface area contributed by atoms with Gasteiger partial charge in [-0.25, -0.2) is 4.79 Å². The van der Waals surface area contributed by atoms with Gasteiger partial charge in [0.25, 0.3) is 0 Å². The molecule has 3 fully saturated rings. The topological polar surface area (TPSA) is 98.3 Å². The quantitative estimate of drug-likeness (QED) is 0.841. The minimum Gasteiger partial charge on any atom is -0.342 e. The predicted octanol–water partition coefficient (Wildman–Crippen LogP) is 0.834. The first-order valence-corrected chi connectivity index (χ1v) is 9.78. The van der Waals surface area contributed by atoms with E-state index >= 15 is 0 Å². The van der Waals surface area contributed by atoms with Crippen molar-refractivity contribution in [3.05, 3.63) is 5.82 Å². The van der Waals surface area contributed by atoms with Crippen molar-refractivity contribution in [2.45, 2.75) is 44.4 Å². The second-order valence-electron chi connectivity index (χ2n) is 7.63. The molecular formula is C17H27N7O2. The van der Waals surface area contributed by atoms with Crippen LogP contribution in [0.25, 0.3) is 0 Å². The number of aromatic nitrogens is 4. The molecule has 1 atom stereocenters. The highest BCUT2D eigenvalue weighted by Crippen LogP contribution is 2.27. The Morgan fingerprint density at radius 1 is 0.885 bits per heavy atom. The first-order valence-electron chi connectivity index (χ1n) is 9.78. The van der Waals surface area contributed by atoms with Crippen molar-refractivity contribution in [3.63, 3.8) is 0 Å². The van der Waals surface area contributed by atoms with Gasteiger partial charge in [0.15, 0.2) is 5.82 Å². The predicted molar refractivity (Wildman–Crippen MR) is 93.2 cm³/mol. The van der Waals surface area contributed by atoms with Crippen molar-refractivity contribution >= 4 is 11.9 Å². The maximum absolute atomic E-state index is 13.0. The summed E-state index contributed by atoms with van der Waals surface area (Å²) in [6.45, 7) is 4.52. The third-order valence-electron chi connectivity index (χ3n) is 5.95. The van der Waals surface area contributed by atoms with Crippen LogP contribution >= 0.6 is 0 Å². The molecule has 0 saturated carbocycles. The summed E-state index contributed by atoms with van der Waals surface area (Å²) in [4.78, 5) is 31.4. The number of tetrazole rings is 1. The van der Waals surface area contributed by atoms with Crippen LogP contribution in [-0.4, -0.2) is 86.5 Å². The van der Waals surface area contributed by atoms with Crippen molar-refractivity contribution < 1.29 is 9.59 Å². The number of likely N-dealkylation sites (tertiary alicyclic amines) is 3. The molecular weight excluding hydrogens is 334 g/mol. The van der Waals surface area contributed by atoms with Crippen molar-refractivity contribution in [3.8, 4) is 0 Å². The minimum atomic E-state index is -0.0583. The number of hydrogen-bond donors (Lipinski definition) is 1. The van der Waals surface area contributed by atoms with Crippen LogP contribution in [-0.2, 0) is 4.79 Å². The van der Waals surface area contributed by atoms with Gasteiger partial charge in [0.2, 0.25) is 5.91 Å². The Morgan fingerprint density at radius 3 is 2.31 bits per heavy atom. The average molecular weight is 361 g/mol. The van der Waals surface area contributed by atoms with E-state index in [1.165, 1.54) is 0 Å². The molecule has 4 rings (SSSR count). The number of amides is 3. The van der Waals surface area contributed by atoms with Crippen molar-refractivity contribution in [2.75, 3.05) is 39.3 Å². The van der Waals surface area contributed by atoms with Crippen LogP contribution in [0.15, 0.2) is 0 Å². The molecule has 3 aliphatic rings. The van der Waals surface area contributed by atoms with Crippen molar-refractivity contribution in [1.82, 2.24) is 35.3 Å². The number of carbonyl (C=O) groups is 2. The summed E-state index contributed by atoms with van der Waals surface area (Å²) in [6, 6.07) is 0.121. The van der Waals surface area contributed by atoms with Gasteiger partial charge in [-0.1, -0.05) is 5.21 Å². The molecule has 9 heteroatoms. The summed E-state index contributed by atoms with van der Waals surface area (Å²) in [6.07, 6.45) is 5.72. The molecule has 0 bridgehead atoms. The molecule has 1 N–H and O–H groups in total. The Kier molecular flexibility index (Phi) is 5.03. The Bertz CT molecular complexity index is 621. The van der Waals surface area contributed by atoms with Gasteiger partial charge in [0.1, 0.15) is 0 Å². The number of rotatable bonds is 2. The third kappa shape index (κ3) is 3.52. The zero-order chi connectivity index (χ0) is 17.9. The van der Waals surface area contributed by atoms with Crippen molar-refractivity contribution in [2.24, 2.45) is 5.92 Å². The molecule has 3 aliphatic heterocycles. The second kappa shape index (κ2) is 7.59. The molecule has 3 amide bonds. The normalized spacial score (nSPS) is 24.9. The van der Waals surface area contributed by atoms with Crippen LogP contribution in [0.2, 0.25) is 0 Å². The zero-order valence-corrected chi connectivity index (χ0v) is 15.1. The third-order valence-corrected chi connectivity index (χ3v) is 5.95. The van der Waals surface area contributed by atoms with E-state index in [4.69, 9.17) is 0 Å². The van der Waals surface area contributed by atoms with E-state index in [0.717, 1.165) is 77.1 Å². The van der Waals surface area contributed by atoms with Gasteiger partial charge in [-0.05, 0) is 38.5 Å². The fourth-order valence-corrected chi connectivity index (χ4v) is 4.42. The molecule has 142 valence electrons. The molecule has 1 aromatic heterocycles. The van der Waals surface area contributed by atoms with Crippen LogP contribution in [0.4, 0.5) is 4.79 Å². The monoisotopic (exact) mass is 361 g/mol. The van der Waals surface area contributed by atoms with E-state index in [9.17, 15) is 9.59 Å².